The van der Waals surface area contributed by atoms with E-state index in [1.807, 2.05) is 42.7 Å². The summed E-state index contributed by atoms with van der Waals surface area (Å²) in [4.78, 5) is 5.07. The minimum Gasteiger partial charge on any atom is -0.301 e. The highest BCUT2D eigenvalue weighted by molar-refractivity contribution is 7.86. The molecule has 3 aromatic rings. The van der Waals surface area contributed by atoms with E-state index in [2.05, 4.69) is 61.7 Å². The van der Waals surface area contributed by atoms with Gasteiger partial charge in [-0.2, -0.15) is 0 Å². The molecule has 150 valence electrons. The molecule has 0 amide bonds. The lowest BCUT2D eigenvalue weighted by molar-refractivity contribution is 0.686. The Kier molecular flexibility index (Phi) is 6.99. The third kappa shape index (κ3) is 4.83. The van der Waals surface area contributed by atoms with E-state index in [4.69, 9.17) is 0 Å². The summed E-state index contributed by atoms with van der Waals surface area (Å²) in [5.74, 6) is 0. The molecule has 0 aliphatic heterocycles. The van der Waals surface area contributed by atoms with Crippen molar-refractivity contribution in [3.8, 4) is 11.1 Å². The fourth-order valence-corrected chi connectivity index (χ4v) is 4.47. The van der Waals surface area contributed by atoms with Crippen LogP contribution in [0, 0.1) is 13.8 Å². The molecule has 0 radical (unpaired) electrons. The van der Waals surface area contributed by atoms with Gasteiger partial charge in [0.05, 0.1) is 4.90 Å². The Balaban J connectivity index is 1.90. The number of anilines is 1. The Bertz CT molecular complexity index is 1060. The number of rotatable bonds is 7. The lowest BCUT2D eigenvalue weighted by Gasteiger charge is -2.14. The van der Waals surface area contributed by atoms with E-state index in [1.54, 1.807) is 0 Å². The Morgan fingerprint density at radius 3 is 2.55 bits per heavy atom. The lowest BCUT2D eigenvalue weighted by Crippen LogP contribution is -2.08. The lowest BCUT2D eigenvalue weighted by atomic mass is 9.98. The highest BCUT2D eigenvalue weighted by atomic mass is 32.2. The number of benzene rings is 2. The first-order valence-corrected chi connectivity index (χ1v) is 11.2. The second kappa shape index (κ2) is 9.66. The molecule has 1 heterocycles. The first-order chi connectivity index (χ1) is 14.0. The summed E-state index contributed by atoms with van der Waals surface area (Å²) in [5.41, 5.74) is 7.70. The first-order valence-electron chi connectivity index (χ1n) is 10.0. The zero-order valence-corrected chi connectivity index (χ0v) is 18.3. The molecule has 0 spiro atoms. The van der Waals surface area contributed by atoms with Crippen LogP contribution in [-0.4, -0.2) is 9.19 Å². The Hall–Kier alpha value is -2.72. The molecule has 0 aliphatic rings. The maximum Gasteiger partial charge on any atom is 0.150 e. The van der Waals surface area contributed by atoms with Crippen LogP contribution < -0.4 is 4.72 Å². The zero-order valence-electron chi connectivity index (χ0n) is 17.5. The van der Waals surface area contributed by atoms with Crippen LogP contribution in [-0.2, 0) is 17.4 Å². The second-order valence-corrected chi connectivity index (χ2v) is 8.27. The molecule has 1 atom stereocenters. The average Bonchev–Trinajstić information content (AvgIpc) is 2.72. The van der Waals surface area contributed by atoms with Gasteiger partial charge < -0.3 is 4.72 Å². The molecule has 0 bridgehead atoms. The molecule has 1 N–H and O–H groups in total. The predicted molar refractivity (Wildman–Crippen MR) is 124 cm³/mol. The maximum atomic E-state index is 13.1. The van der Waals surface area contributed by atoms with Gasteiger partial charge in [0.2, 0.25) is 0 Å². The molecule has 0 fully saturated rings. The van der Waals surface area contributed by atoms with Crippen LogP contribution in [0.2, 0.25) is 0 Å². The molecule has 3 rings (SSSR count). The number of nitrogens with zero attached hydrogens (tertiary/aromatic N) is 1. The summed E-state index contributed by atoms with van der Waals surface area (Å²) < 4.78 is 16.3. The standard InChI is InChI=1S/C25H28N2OS/c1-5-7-10-23-20(6-2)9-8-11-25(23)29(28)27-21-12-13-22(19(4)16-21)24-17-26-15-14-18(24)3/h7-17,27H,5-6H2,1-4H3/b10-7-. The largest absolute Gasteiger partial charge is 0.301 e. The smallest absolute Gasteiger partial charge is 0.150 e. The first kappa shape index (κ1) is 21.0. The summed E-state index contributed by atoms with van der Waals surface area (Å²) >= 11 is 0. The highest BCUT2D eigenvalue weighted by Gasteiger charge is 2.13. The van der Waals surface area contributed by atoms with Crippen LogP contribution in [0.3, 0.4) is 0 Å². The molecule has 2 aromatic carbocycles. The third-order valence-corrected chi connectivity index (χ3v) is 6.20. The number of pyridine rings is 1. The summed E-state index contributed by atoms with van der Waals surface area (Å²) in [6.07, 6.45) is 9.77. The summed E-state index contributed by atoms with van der Waals surface area (Å²) in [5, 5.41) is 0. The number of aromatic nitrogens is 1. The topological polar surface area (TPSA) is 42.0 Å². The zero-order chi connectivity index (χ0) is 20.8. The normalized spacial score (nSPS) is 12.3. The van der Waals surface area contributed by atoms with E-state index >= 15 is 0 Å². The van der Waals surface area contributed by atoms with Gasteiger partial charge >= 0.3 is 0 Å². The van der Waals surface area contributed by atoms with E-state index in [1.165, 1.54) is 11.1 Å². The van der Waals surface area contributed by atoms with Gasteiger partial charge in [-0.15, -0.1) is 0 Å². The number of hydrogen-bond acceptors (Lipinski definition) is 2. The minimum absolute atomic E-state index is 0.818. The van der Waals surface area contributed by atoms with Crippen molar-refractivity contribution < 1.29 is 4.21 Å². The van der Waals surface area contributed by atoms with Gasteiger partial charge in [0.1, 0.15) is 0 Å². The van der Waals surface area contributed by atoms with Crippen LogP contribution in [0.25, 0.3) is 17.2 Å². The van der Waals surface area contributed by atoms with Crippen molar-refractivity contribution in [3.63, 3.8) is 0 Å². The van der Waals surface area contributed by atoms with Crippen LogP contribution >= 0.6 is 0 Å². The molecule has 29 heavy (non-hydrogen) atoms. The fourth-order valence-electron chi connectivity index (χ4n) is 3.42. The van der Waals surface area contributed by atoms with Crippen molar-refractivity contribution in [1.82, 2.24) is 4.98 Å². The highest BCUT2D eigenvalue weighted by Crippen LogP contribution is 2.29. The molecule has 0 saturated heterocycles. The van der Waals surface area contributed by atoms with E-state index in [-0.39, 0.29) is 0 Å². The van der Waals surface area contributed by atoms with Crippen molar-refractivity contribution in [1.29, 1.82) is 0 Å². The van der Waals surface area contributed by atoms with Gasteiger partial charge in [0.25, 0.3) is 0 Å². The Morgan fingerprint density at radius 1 is 1.03 bits per heavy atom. The van der Waals surface area contributed by atoms with Gasteiger partial charge in [-0.1, -0.05) is 44.2 Å². The van der Waals surface area contributed by atoms with Crippen LogP contribution in [0.15, 0.2) is 65.8 Å². The Morgan fingerprint density at radius 2 is 1.86 bits per heavy atom. The van der Waals surface area contributed by atoms with Crippen molar-refractivity contribution >= 4 is 22.7 Å². The molecule has 1 aromatic heterocycles. The predicted octanol–water partition coefficient (Wildman–Crippen LogP) is 6.49. The molecular formula is C25H28N2OS. The summed E-state index contributed by atoms with van der Waals surface area (Å²) in [6.45, 7) is 8.39. The summed E-state index contributed by atoms with van der Waals surface area (Å²) in [7, 11) is -1.34. The van der Waals surface area contributed by atoms with E-state index in [0.29, 0.717) is 0 Å². The van der Waals surface area contributed by atoms with E-state index in [0.717, 1.165) is 45.7 Å². The maximum absolute atomic E-state index is 13.1. The average molecular weight is 405 g/mol. The van der Waals surface area contributed by atoms with Gasteiger partial charge in [-0.3, -0.25) is 4.98 Å². The molecule has 3 nitrogen and oxygen atoms in total. The molecule has 1 unspecified atom stereocenters. The fraction of sp³-hybridized carbons (Fsp3) is 0.240. The minimum atomic E-state index is -1.34. The van der Waals surface area contributed by atoms with Crippen LogP contribution in [0.1, 0.15) is 42.5 Å². The van der Waals surface area contributed by atoms with Gasteiger partial charge in [-0.05, 0) is 78.8 Å². The molecule has 0 aliphatic carbocycles. The number of aryl methyl sites for hydroxylation is 3. The molecule has 0 saturated carbocycles. The Labute approximate surface area is 176 Å². The van der Waals surface area contributed by atoms with E-state index in [9.17, 15) is 4.21 Å². The number of allylic oxidation sites excluding steroid dienone is 1. The van der Waals surface area contributed by atoms with Crippen molar-refractivity contribution in [2.75, 3.05) is 4.72 Å². The second-order valence-electron chi connectivity index (χ2n) is 7.08. The van der Waals surface area contributed by atoms with Gasteiger partial charge in [-0.25, -0.2) is 4.21 Å². The quantitative estimate of drug-likeness (QED) is 0.489. The van der Waals surface area contributed by atoms with Gasteiger partial charge in [0, 0.05) is 23.6 Å². The monoisotopic (exact) mass is 404 g/mol. The molecular weight excluding hydrogens is 376 g/mol. The van der Waals surface area contributed by atoms with Crippen molar-refractivity contribution in [2.24, 2.45) is 0 Å². The third-order valence-electron chi connectivity index (χ3n) is 5.02. The van der Waals surface area contributed by atoms with Crippen LogP contribution in [0.5, 0.6) is 0 Å². The number of hydrogen-bond donors (Lipinski definition) is 1. The SMILES string of the molecule is CC/C=C\c1c(CC)cccc1S(=O)Nc1ccc(-c2cnccc2C)c(C)c1. The van der Waals surface area contributed by atoms with Gasteiger partial charge in [0.15, 0.2) is 11.0 Å². The van der Waals surface area contributed by atoms with Crippen molar-refractivity contribution in [3.05, 3.63) is 83.2 Å². The molecule has 4 heteroatoms. The van der Waals surface area contributed by atoms with Crippen LogP contribution in [0.4, 0.5) is 5.69 Å². The summed E-state index contributed by atoms with van der Waals surface area (Å²) in [6, 6.07) is 14.1. The number of nitrogens with one attached hydrogen (secondary N) is 1. The van der Waals surface area contributed by atoms with E-state index < -0.39 is 11.0 Å². The van der Waals surface area contributed by atoms with Crippen molar-refractivity contribution in [2.45, 2.75) is 45.4 Å².